The SMILES string of the molecule is CCN(CC)Cc1cc(Oc2ccc3c(c2)CCN3C(=O)Nc2cccc(C(F)(F)F)c2)ncn1. The summed E-state index contributed by atoms with van der Waals surface area (Å²) in [7, 11) is 0. The number of nitrogens with one attached hydrogen (secondary N) is 1. The molecule has 0 atom stereocenters. The molecule has 1 aliphatic rings. The number of halogens is 3. The van der Waals surface area contributed by atoms with Crippen molar-refractivity contribution in [1.29, 1.82) is 0 Å². The molecule has 2 heterocycles. The van der Waals surface area contributed by atoms with Gasteiger partial charge in [-0.05, 0) is 61.5 Å². The quantitative estimate of drug-likeness (QED) is 0.463. The third-order valence-electron chi connectivity index (χ3n) is 5.83. The molecule has 4 rings (SSSR count). The van der Waals surface area contributed by atoms with Crippen LogP contribution in [0.25, 0.3) is 0 Å². The zero-order chi connectivity index (χ0) is 25.0. The highest BCUT2D eigenvalue weighted by Crippen LogP contribution is 2.34. The van der Waals surface area contributed by atoms with E-state index in [1.807, 2.05) is 6.07 Å². The highest BCUT2D eigenvalue weighted by molar-refractivity contribution is 6.03. The number of urea groups is 1. The molecule has 0 unspecified atom stereocenters. The highest BCUT2D eigenvalue weighted by atomic mass is 19.4. The standard InChI is InChI=1S/C25H26F3N5O2/c1-3-32(4-2)15-20-14-23(30-16-29-20)35-21-8-9-22-17(12-21)10-11-33(22)24(34)31-19-7-5-6-18(13-19)25(26,27)28/h5-9,12-14,16H,3-4,10-11,15H2,1-2H3,(H,31,34). The molecule has 0 fully saturated rings. The lowest BCUT2D eigenvalue weighted by molar-refractivity contribution is -0.137. The van der Waals surface area contributed by atoms with Crippen molar-refractivity contribution in [1.82, 2.24) is 14.9 Å². The van der Waals surface area contributed by atoms with Gasteiger partial charge in [0.2, 0.25) is 5.88 Å². The Bertz CT molecular complexity index is 1200. The summed E-state index contributed by atoms with van der Waals surface area (Å²) >= 11 is 0. The predicted octanol–water partition coefficient (Wildman–Crippen LogP) is 5.72. The van der Waals surface area contributed by atoms with E-state index >= 15 is 0 Å². The summed E-state index contributed by atoms with van der Waals surface area (Å²) < 4.78 is 44.8. The number of aromatic nitrogens is 2. The molecule has 2 amide bonds. The van der Waals surface area contributed by atoms with E-state index in [1.165, 1.54) is 23.4 Å². The number of carbonyl (C=O) groups is 1. The lowest BCUT2D eigenvalue weighted by Gasteiger charge is -2.19. The molecule has 1 aromatic heterocycles. The fourth-order valence-corrected chi connectivity index (χ4v) is 3.93. The first-order valence-corrected chi connectivity index (χ1v) is 11.4. The van der Waals surface area contributed by atoms with E-state index < -0.39 is 17.8 Å². The molecule has 184 valence electrons. The summed E-state index contributed by atoms with van der Waals surface area (Å²) in [5, 5.41) is 2.56. The molecule has 0 aliphatic carbocycles. The Labute approximate surface area is 201 Å². The van der Waals surface area contributed by atoms with Gasteiger partial charge in [0, 0.05) is 30.5 Å². The number of hydrogen-bond acceptors (Lipinski definition) is 5. The van der Waals surface area contributed by atoms with Crippen LogP contribution in [-0.2, 0) is 19.1 Å². The van der Waals surface area contributed by atoms with Gasteiger partial charge in [-0.2, -0.15) is 13.2 Å². The van der Waals surface area contributed by atoms with Crippen LogP contribution in [0.5, 0.6) is 11.6 Å². The van der Waals surface area contributed by atoms with Crippen molar-refractivity contribution in [3.63, 3.8) is 0 Å². The summed E-state index contributed by atoms with van der Waals surface area (Å²) in [6, 6.07) is 11.2. The van der Waals surface area contributed by atoms with Crippen LogP contribution in [-0.4, -0.2) is 40.5 Å². The molecule has 3 aromatic rings. The number of nitrogens with zero attached hydrogens (tertiary/aromatic N) is 4. The molecule has 1 aliphatic heterocycles. The molecule has 2 aromatic carbocycles. The molecular weight excluding hydrogens is 459 g/mol. The summed E-state index contributed by atoms with van der Waals surface area (Å²) in [4.78, 5) is 25.0. The fourth-order valence-electron chi connectivity index (χ4n) is 3.93. The van der Waals surface area contributed by atoms with Crippen molar-refractivity contribution >= 4 is 17.4 Å². The Morgan fingerprint density at radius 1 is 1.11 bits per heavy atom. The third-order valence-corrected chi connectivity index (χ3v) is 5.83. The predicted molar refractivity (Wildman–Crippen MR) is 127 cm³/mol. The van der Waals surface area contributed by atoms with Crippen molar-refractivity contribution < 1.29 is 22.7 Å². The zero-order valence-corrected chi connectivity index (χ0v) is 19.5. The summed E-state index contributed by atoms with van der Waals surface area (Å²) in [6.45, 7) is 7.13. The Kier molecular flexibility index (Phi) is 7.20. The van der Waals surface area contributed by atoms with Gasteiger partial charge in [-0.15, -0.1) is 0 Å². The average molecular weight is 486 g/mol. The van der Waals surface area contributed by atoms with E-state index in [2.05, 4.69) is 34.0 Å². The van der Waals surface area contributed by atoms with Crippen LogP contribution >= 0.6 is 0 Å². The number of amides is 2. The fraction of sp³-hybridized carbons (Fsp3) is 0.320. The Hall–Kier alpha value is -3.66. The van der Waals surface area contributed by atoms with Crippen LogP contribution in [0, 0.1) is 0 Å². The molecule has 1 N–H and O–H groups in total. The Balaban J connectivity index is 1.44. The van der Waals surface area contributed by atoms with Gasteiger partial charge in [-0.1, -0.05) is 19.9 Å². The maximum absolute atomic E-state index is 13.0. The van der Waals surface area contributed by atoms with Crippen molar-refractivity contribution in [2.24, 2.45) is 0 Å². The normalized spacial score (nSPS) is 13.1. The molecule has 0 radical (unpaired) electrons. The van der Waals surface area contributed by atoms with E-state index in [0.717, 1.165) is 36.5 Å². The van der Waals surface area contributed by atoms with Crippen LogP contribution in [0.4, 0.5) is 29.3 Å². The number of rotatable bonds is 7. The molecule has 35 heavy (non-hydrogen) atoms. The second kappa shape index (κ2) is 10.3. The number of carbonyl (C=O) groups excluding carboxylic acids is 1. The van der Waals surface area contributed by atoms with Crippen molar-refractivity contribution in [2.75, 3.05) is 29.9 Å². The van der Waals surface area contributed by atoms with Crippen LogP contribution in [0.2, 0.25) is 0 Å². The zero-order valence-electron chi connectivity index (χ0n) is 19.5. The van der Waals surface area contributed by atoms with Crippen molar-refractivity contribution in [3.8, 4) is 11.6 Å². The minimum Gasteiger partial charge on any atom is -0.439 e. The molecule has 7 nitrogen and oxygen atoms in total. The first-order chi connectivity index (χ1) is 16.8. The first kappa shape index (κ1) is 24.5. The summed E-state index contributed by atoms with van der Waals surface area (Å²) in [6.07, 6.45) is -2.41. The van der Waals surface area contributed by atoms with Crippen LogP contribution < -0.4 is 15.0 Å². The Morgan fingerprint density at radius 3 is 2.66 bits per heavy atom. The largest absolute Gasteiger partial charge is 0.439 e. The van der Waals surface area contributed by atoms with E-state index in [-0.39, 0.29) is 5.69 Å². The van der Waals surface area contributed by atoms with Gasteiger partial charge in [-0.25, -0.2) is 14.8 Å². The smallest absolute Gasteiger partial charge is 0.416 e. The van der Waals surface area contributed by atoms with Gasteiger partial charge in [0.25, 0.3) is 0 Å². The van der Waals surface area contributed by atoms with Gasteiger partial charge in [0.15, 0.2) is 0 Å². The van der Waals surface area contributed by atoms with Crippen LogP contribution in [0.15, 0.2) is 54.9 Å². The molecule has 10 heteroatoms. The lowest BCUT2D eigenvalue weighted by Crippen LogP contribution is -2.33. The lowest BCUT2D eigenvalue weighted by atomic mass is 10.1. The van der Waals surface area contributed by atoms with Gasteiger partial charge < -0.3 is 10.1 Å². The topological polar surface area (TPSA) is 70.6 Å². The van der Waals surface area contributed by atoms with Gasteiger partial charge >= 0.3 is 12.2 Å². The maximum Gasteiger partial charge on any atom is 0.416 e. The Morgan fingerprint density at radius 2 is 1.91 bits per heavy atom. The second-order valence-electron chi connectivity index (χ2n) is 8.11. The number of ether oxygens (including phenoxy) is 1. The summed E-state index contributed by atoms with van der Waals surface area (Å²) in [5.74, 6) is 1.01. The third kappa shape index (κ3) is 5.89. The second-order valence-corrected chi connectivity index (χ2v) is 8.11. The van der Waals surface area contributed by atoms with E-state index in [0.29, 0.717) is 36.8 Å². The van der Waals surface area contributed by atoms with Crippen molar-refractivity contribution in [2.45, 2.75) is 33.0 Å². The van der Waals surface area contributed by atoms with E-state index in [4.69, 9.17) is 4.74 Å². The van der Waals surface area contributed by atoms with E-state index in [9.17, 15) is 18.0 Å². The van der Waals surface area contributed by atoms with Gasteiger partial charge in [0.05, 0.1) is 11.3 Å². The minimum atomic E-state index is -4.48. The molecule has 0 saturated heterocycles. The minimum absolute atomic E-state index is 0.0857. The van der Waals surface area contributed by atoms with Gasteiger partial charge in [0.1, 0.15) is 12.1 Å². The molecule has 0 spiro atoms. The molecule has 0 saturated carbocycles. The van der Waals surface area contributed by atoms with Gasteiger partial charge in [-0.3, -0.25) is 9.80 Å². The number of anilines is 2. The average Bonchev–Trinajstić information content (AvgIpc) is 3.26. The number of benzene rings is 2. The van der Waals surface area contributed by atoms with Crippen LogP contribution in [0.3, 0.4) is 0 Å². The monoisotopic (exact) mass is 485 g/mol. The number of fused-ring (bicyclic) bond motifs is 1. The first-order valence-electron chi connectivity index (χ1n) is 11.4. The van der Waals surface area contributed by atoms with Crippen molar-refractivity contribution in [3.05, 3.63) is 71.7 Å². The molecule has 0 bridgehead atoms. The van der Waals surface area contributed by atoms with Crippen LogP contribution in [0.1, 0.15) is 30.7 Å². The highest BCUT2D eigenvalue weighted by Gasteiger charge is 2.31. The molecular formula is C25H26F3N5O2. The maximum atomic E-state index is 13.0. The number of hydrogen-bond donors (Lipinski definition) is 1. The van der Waals surface area contributed by atoms with E-state index in [1.54, 1.807) is 18.2 Å². The summed E-state index contributed by atoms with van der Waals surface area (Å²) in [5.41, 5.74) is 1.72. The number of alkyl halides is 3.